The smallest absolute Gasteiger partial charge is 0.411 e. The monoisotopic (exact) mass is 265 g/mol. The predicted molar refractivity (Wildman–Crippen MR) is 69.1 cm³/mol. The summed E-state index contributed by atoms with van der Waals surface area (Å²) in [6.45, 7) is 1.61. The molecule has 2 N–H and O–H groups in total. The largest absolute Gasteiger partial charge is 0.445 e. The molecular formula is C12H15N3O4. The molecular weight excluding hydrogens is 250 g/mol. The Morgan fingerprint density at radius 1 is 1.42 bits per heavy atom. The Bertz CT molecular complexity index is 455. The first kappa shape index (κ1) is 13.3. The number of ether oxygens (including phenoxy) is 1. The number of nitro benzene ring substituents is 1. The van der Waals surface area contributed by atoms with Crippen LogP contribution in [0.2, 0.25) is 0 Å². The molecule has 1 aromatic carbocycles. The molecule has 1 aliphatic rings. The molecule has 102 valence electrons. The van der Waals surface area contributed by atoms with E-state index in [4.69, 9.17) is 4.74 Å². The Morgan fingerprint density at radius 2 is 2.16 bits per heavy atom. The van der Waals surface area contributed by atoms with Crippen LogP contribution in [0.15, 0.2) is 24.3 Å². The maximum absolute atomic E-state index is 11.6. The third-order valence-corrected chi connectivity index (χ3v) is 2.85. The number of rotatable bonds is 3. The van der Waals surface area contributed by atoms with Gasteiger partial charge in [0, 0.05) is 24.4 Å². The van der Waals surface area contributed by atoms with E-state index in [2.05, 4.69) is 10.6 Å². The second-order valence-corrected chi connectivity index (χ2v) is 4.30. The Hall–Kier alpha value is -2.15. The molecule has 1 heterocycles. The van der Waals surface area contributed by atoms with Gasteiger partial charge in [-0.1, -0.05) is 0 Å². The van der Waals surface area contributed by atoms with Crippen molar-refractivity contribution in [2.75, 3.05) is 18.4 Å². The van der Waals surface area contributed by atoms with Crippen molar-refractivity contribution < 1.29 is 14.5 Å². The van der Waals surface area contributed by atoms with Crippen LogP contribution >= 0.6 is 0 Å². The summed E-state index contributed by atoms with van der Waals surface area (Å²) in [5, 5.41) is 16.2. The Balaban J connectivity index is 1.85. The van der Waals surface area contributed by atoms with Crippen molar-refractivity contribution in [2.24, 2.45) is 0 Å². The molecule has 0 aliphatic carbocycles. The first-order chi connectivity index (χ1) is 9.15. The minimum Gasteiger partial charge on any atom is -0.445 e. The standard InChI is InChI=1S/C12H15N3O4/c16-12(19-11-2-1-7-13-8-11)14-9-3-5-10(6-4-9)15(17)18/h3-6,11,13H,1-2,7-8H2,(H,14,16). The lowest BCUT2D eigenvalue weighted by atomic mass is 10.1. The summed E-state index contributed by atoms with van der Waals surface area (Å²) in [5.74, 6) is 0. The number of hydrogen-bond acceptors (Lipinski definition) is 5. The molecule has 19 heavy (non-hydrogen) atoms. The van der Waals surface area contributed by atoms with E-state index in [0.29, 0.717) is 12.2 Å². The highest BCUT2D eigenvalue weighted by Crippen LogP contribution is 2.16. The summed E-state index contributed by atoms with van der Waals surface area (Å²) >= 11 is 0. The van der Waals surface area contributed by atoms with Gasteiger partial charge in [-0.05, 0) is 31.5 Å². The van der Waals surface area contributed by atoms with Gasteiger partial charge in [0.1, 0.15) is 6.10 Å². The van der Waals surface area contributed by atoms with Crippen LogP contribution < -0.4 is 10.6 Å². The van der Waals surface area contributed by atoms with Crippen molar-refractivity contribution in [3.8, 4) is 0 Å². The van der Waals surface area contributed by atoms with Gasteiger partial charge in [-0.3, -0.25) is 15.4 Å². The van der Waals surface area contributed by atoms with Crippen molar-refractivity contribution in [3.63, 3.8) is 0 Å². The quantitative estimate of drug-likeness (QED) is 0.643. The summed E-state index contributed by atoms with van der Waals surface area (Å²) in [7, 11) is 0. The lowest BCUT2D eigenvalue weighted by Gasteiger charge is -2.22. The molecule has 1 saturated heterocycles. The Morgan fingerprint density at radius 3 is 2.74 bits per heavy atom. The second kappa shape index (κ2) is 6.14. The fraction of sp³-hybridized carbons (Fsp3) is 0.417. The molecule has 0 saturated carbocycles. The molecule has 1 aromatic rings. The van der Waals surface area contributed by atoms with E-state index >= 15 is 0 Å². The Kier molecular flexibility index (Phi) is 4.30. The molecule has 7 nitrogen and oxygen atoms in total. The van der Waals surface area contributed by atoms with Gasteiger partial charge in [0.25, 0.3) is 5.69 Å². The van der Waals surface area contributed by atoms with Gasteiger partial charge in [-0.25, -0.2) is 4.79 Å². The fourth-order valence-electron chi connectivity index (χ4n) is 1.89. The zero-order valence-electron chi connectivity index (χ0n) is 10.3. The average Bonchev–Trinajstić information content (AvgIpc) is 2.40. The van der Waals surface area contributed by atoms with E-state index in [1.165, 1.54) is 24.3 Å². The lowest BCUT2D eigenvalue weighted by Crippen LogP contribution is -2.37. The summed E-state index contributed by atoms with van der Waals surface area (Å²) in [4.78, 5) is 21.6. The van der Waals surface area contributed by atoms with Crippen LogP contribution in [0.1, 0.15) is 12.8 Å². The molecule has 1 fully saturated rings. The van der Waals surface area contributed by atoms with Crippen LogP contribution in [0.4, 0.5) is 16.2 Å². The SMILES string of the molecule is O=C(Nc1ccc([N+](=O)[O-])cc1)OC1CCCNC1. The summed E-state index contributed by atoms with van der Waals surface area (Å²) in [6, 6.07) is 5.60. The third-order valence-electron chi connectivity index (χ3n) is 2.85. The van der Waals surface area contributed by atoms with Crippen LogP contribution in [-0.4, -0.2) is 30.2 Å². The predicted octanol–water partition coefficient (Wildman–Crippen LogP) is 1.90. The fourth-order valence-corrected chi connectivity index (χ4v) is 1.89. The number of nitrogens with zero attached hydrogens (tertiary/aromatic N) is 1. The molecule has 1 atom stereocenters. The maximum Gasteiger partial charge on any atom is 0.411 e. The number of anilines is 1. The molecule has 0 spiro atoms. The number of benzene rings is 1. The van der Waals surface area contributed by atoms with E-state index in [0.717, 1.165) is 19.4 Å². The summed E-state index contributed by atoms with van der Waals surface area (Å²) in [5.41, 5.74) is 0.453. The Labute approximate surface area is 110 Å². The van der Waals surface area contributed by atoms with Crippen LogP contribution in [0, 0.1) is 10.1 Å². The zero-order valence-corrected chi connectivity index (χ0v) is 10.3. The van der Waals surface area contributed by atoms with E-state index in [1.807, 2.05) is 0 Å². The van der Waals surface area contributed by atoms with Gasteiger partial charge in [0.05, 0.1) is 4.92 Å². The van der Waals surface area contributed by atoms with Crippen molar-refractivity contribution >= 4 is 17.5 Å². The van der Waals surface area contributed by atoms with E-state index < -0.39 is 11.0 Å². The van der Waals surface area contributed by atoms with E-state index in [9.17, 15) is 14.9 Å². The minimum absolute atomic E-state index is 0.0182. The van der Waals surface area contributed by atoms with E-state index in [-0.39, 0.29) is 11.8 Å². The zero-order chi connectivity index (χ0) is 13.7. The van der Waals surface area contributed by atoms with Gasteiger partial charge in [-0.15, -0.1) is 0 Å². The molecule has 1 aliphatic heterocycles. The van der Waals surface area contributed by atoms with Crippen LogP contribution in [0.3, 0.4) is 0 Å². The maximum atomic E-state index is 11.6. The summed E-state index contributed by atoms with van der Waals surface area (Å²) < 4.78 is 5.23. The highest BCUT2D eigenvalue weighted by Gasteiger charge is 2.17. The molecule has 1 unspecified atom stereocenters. The van der Waals surface area contributed by atoms with Crippen LogP contribution in [0.5, 0.6) is 0 Å². The van der Waals surface area contributed by atoms with Crippen molar-refractivity contribution in [1.29, 1.82) is 0 Å². The molecule has 7 heteroatoms. The van der Waals surface area contributed by atoms with Gasteiger partial charge in [0.2, 0.25) is 0 Å². The second-order valence-electron chi connectivity index (χ2n) is 4.30. The number of nitrogens with one attached hydrogen (secondary N) is 2. The highest BCUT2D eigenvalue weighted by molar-refractivity contribution is 5.84. The minimum atomic E-state index is -0.539. The van der Waals surface area contributed by atoms with Crippen molar-refractivity contribution in [1.82, 2.24) is 5.32 Å². The highest BCUT2D eigenvalue weighted by atomic mass is 16.6. The number of carbonyl (C=O) groups is 1. The average molecular weight is 265 g/mol. The third kappa shape index (κ3) is 3.92. The number of piperidine rings is 1. The van der Waals surface area contributed by atoms with Crippen LogP contribution in [0.25, 0.3) is 0 Å². The molecule has 0 bridgehead atoms. The van der Waals surface area contributed by atoms with Crippen molar-refractivity contribution in [3.05, 3.63) is 34.4 Å². The number of amides is 1. The van der Waals surface area contributed by atoms with Gasteiger partial charge in [0.15, 0.2) is 0 Å². The van der Waals surface area contributed by atoms with Gasteiger partial charge >= 0.3 is 6.09 Å². The van der Waals surface area contributed by atoms with Gasteiger partial charge in [-0.2, -0.15) is 0 Å². The molecule has 2 rings (SSSR count). The van der Waals surface area contributed by atoms with Gasteiger partial charge < -0.3 is 10.1 Å². The first-order valence-corrected chi connectivity index (χ1v) is 6.08. The topological polar surface area (TPSA) is 93.5 Å². The molecule has 1 amide bonds. The van der Waals surface area contributed by atoms with E-state index in [1.54, 1.807) is 0 Å². The number of hydrogen-bond donors (Lipinski definition) is 2. The number of carbonyl (C=O) groups excluding carboxylic acids is 1. The normalized spacial score (nSPS) is 18.6. The number of non-ortho nitro benzene ring substituents is 1. The molecule has 0 aromatic heterocycles. The first-order valence-electron chi connectivity index (χ1n) is 6.08. The summed E-state index contributed by atoms with van der Waals surface area (Å²) in [6.07, 6.45) is 1.17. The van der Waals surface area contributed by atoms with Crippen LogP contribution in [-0.2, 0) is 4.74 Å². The van der Waals surface area contributed by atoms with Crippen molar-refractivity contribution in [2.45, 2.75) is 18.9 Å². The molecule has 0 radical (unpaired) electrons. The number of nitro groups is 1. The lowest BCUT2D eigenvalue weighted by molar-refractivity contribution is -0.384.